The van der Waals surface area contributed by atoms with E-state index >= 15 is 0 Å². The molecule has 23 heavy (non-hydrogen) atoms. The Labute approximate surface area is 129 Å². The molecule has 0 spiro atoms. The van der Waals surface area contributed by atoms with Crippen LogP contribution in [0, 0.1) is 5.92 Å². The highest BCUT2D eigenvalue weighted by Gasteiger charge is 2.65. The molecule has 2 amide bonds. The number of rotatable bonds is 3. The molecule has 1 aliphatic heterocycles. The zero-order valence-corrected chi connectivity index (χ0v) is 12.3. The van der Waals surface area contributed by atoms with Crippen LogP contribution in [0.3, 0.4) is 0 Å². The molecule has 0 bridgehead atoms. The highest BCUT2D eigenvalue weighted by atomic mass is 19.4. The number of aliphatic hydroxyl groups is 1. The molecule has 1 saturated heterocycles. The van der Waals surface area contributed by atoms with Crippen LogP contribution >= 0.6 is 0 Å². The monoisotopic (exact) mass is 332 g/mol. The van der Waals surface area contributed by atoms with E-state index in [2.05, 4.69) is 5.32 Å². The molecule has 1 aliphatic rings. The van der Waals surface area contributed by atoms with E-state index in [1.54, 1.807) is 0 Å². The molecule has 3 atom stereocenters. The largest absolute Gasteiger partial charge is 0.497 e. The molecule has 1 heterocycles. The van der Waals surface area contributed by atoms with Crippen molar-refractivity contribution in [2.45, 2.75) is 24.9 Å². The van der Waals surface area contributed by atoms with E-state index < -0.39 is 35.7 Å². The van der Waals surface area contributed by atoms with Crippen LogP contribution < -0.4 is 15.4 Å². The number of nitrogens with one attached hydrogen (secondary N) is 2. The number of halogens is 3. The standard InChI is InChI=1S/C14H15F3N2O4/c1-7(20)10-11(8-3-5-9(23-2)6-4-8)18-12(21)19-13(10,22)14(15,16)17/h3-6,10-11,22H,1-2H3,(H2,18,19,21)/t10-,11-,13-/m0/s1. The van der Waals surface area contributed by atoms with E-state index in [-0.39, 0.29) is 5.56 Å². The van der Waals surface area contributed by atoms with Crippen LogP contribution in [0.15, 0.2) is 24.3 Å². The van der Waals surface area contributed by atoms with Crippen LogP contribution in [0.4, 0.5) is 18.0 Å². The van der Waals surface area contributed by atoms with E-state index in [1.807, 2.05) is 0 Å². The van der Waals surface area contributed by atoms with Gasteiger partial charge in [0.2, 0.25) is 5.72 Å². The molecule has 0 saturated carbocycles. The van der Waals surface area contributed by atoms with Crippen LogP contribution in [0.25, 0.3) is 0 Å². The number of hydrogen-bond acceptors (Lipinski definition) is 4. The van der Waals surface area contributed by atoms with Crippen LogP contribution in [0.1, 0.15) is 18.5 Å². The first-order valence-electron chi connectivity index (χ1n) is 6.62. The molecule has 6 nitrogen and oxygen atoms in total. The van der Waals surface area contributed by atoms with Crippen molar-refractivity contribution in [3.8, 4) is 5.75 Å². The number of ether oxygens (including phenoxy) is 1. The minimum absolute atomic E-state index is 0.239. The number of carbonyl (C=O) groups excluding carboxylic acids is 2. The Bertz CT molecular complexity index is 617. The minimum atomic E-state index is -5.22. The highest BCUT2D eigenvalue weighted by molar-refractivity contribution is 5.86. The second-order valence-electron chi connectivity index (χ2n) is 5.20. The van der Waals surface area contributed by atoms with Crippen molar-refractivity contribution in [1.29, 1.82) is 0 Å². The number of alkyl halides is 3. The number of amides is 2. The summed E-state index contributed by atoms with van der Waals surface area (Å²) in [6.07, 6.45) is -5.22. The SMILES string of the molecule is COc1ccc([C@@H]2NC(=O)N[C@@](O)(C(F)(F)F)[C@H]2C(C)=O)cc1. The summed E-state index contributed by atoms with van der Waals surface area (Å²) in [6, 6.07) is 3.24. The third-order valence-electron chi connectivity index (χ3n) is 3.72. The molecular weight excluding hydrogens is 317 g/mol. The number of ketones is 1. The highest BCUT2D eigenvalue weighted by Crippen LogP contribution is 2.42. The van der Waals surface area contributed by atoms with E-state index in [4.69, 9.17) is 4.74 Å². The maximum atomic E-state index is 13.3. The summed E-state index contributed by atoms with van der Waals surface area (Å²) in [5.41, 5.74) is -3.41. The van der Waals surface area contributed by atoms with Gasteiger partial charge in [0.25, 0.3) is 0 Å². The van der Waals surface area contributed by atoms with E-state index in [1.165, 1.54) is 36.7 Å². The van der Waals surface area contributed by atoms with Gasteiger partial charge < -0.3 is 20.5 Å². The Balaban J connectivity index is 2.51. The number of benzene rings is 1. The summed E-state index contributed by atoms with van der Waals surface area (Å²) >= 11 is 0. The lowest BCUT2D eigenvalue weighted by Crippen LogP contribution is -2.72. The molecule has 0 radical (unpaired) electrons. The molecule has 1 aromatic rings. The van der Waals surface area contributed by atoms with Gasteiger partial charge in [0, 0.05) is 0 Å². The number of carbonyl (C=O) groups is 2. The van der Waals surface area contributed by atoms with Crippen molar-refractivity contribution in [3.63, 3.8) is 0 Å². The Hall–Kier alpha value is -2.29. The minimum Gasteiger partial charge on any atom is -0.497 e. The predicted molar refractivity (Wildman–Crippen MR) is 72.6 cm³/mol. The van der Waals surface area contributed by atoms with Crippen molar-refractivity contribution < 1.29 is 32.6 Å². The van der Waals surface area contributed by atoms with Gasteiger partial charge in [0.1, 0.15) is 11.5 Å². The second-order valence-corrected chi connectivity index (χ2v) is 5.20. The first kappa shape index (κ1) is 17.1. The van der Waals surface area contributed by atoms with Crippen LogP contribution in [-0.2, 0) is 4.79 Å². The van der Waals surface area contributed by atoms with Crippen molar-refractivity contribution in [1.82, 2.24) is 10.6 Å². The number of urea groups is 1. The fourth-order valence-electron chi connectivity index (χ4n) is 2.62. The van der Waals surface area contributed by atoms with Gasteiger partial charge in [-0.1, -0.05) is 12.1 Å². The molecule has 126 valence electrons. The van der Waals surface area contributed by atoms with E-state index in [9.17, 15) is 27.9 Å². The first-order valence-corrected chi connectivity index (χ1v) is 6.62. The Kier molecular flexibility index (Phi) is 4.25. The fraction of sp³-hybridized carbons (Fsp3) is 0.429. The van der Waals surface area contributed by atoms with Crippen LogP contribution in [0.2, 0.25) is 0 Å². The maximum absolute atomic E-state index is 13.3. The summed E-state index contributed by atoms with van der Waals surface area (Å²) in [5, 5.41) is 13.7. The molecule has 3 N–H and O–H groups in total. The Morgan fingerprint density at radius 2 is 1.87 bits per heavy atom. The van der Waals surface area contributed by atoms with Crippen LogP contribution in [-0.4, -0.2) is 35.9 Å². The summed E-state index contributed by atoms with van der Waals surface area (Å²) < 4.78 is 44.7. The van der Waals surface area contributed by atoms with Crippen molar-refractivity contribution >= 4 is 11.8 Å². The van der Waals surface area contributed by atoms with Gasteiger partial charge in [0.15, 0.2) is 0 Å². The van der Waals surface area contributed by atoms with Gasteiger partial charge in [-0.3, -0.25) is 4.79 Å². The molecule has 9 heteroatoms. The zero-order valence-electron chi connectivity index (χ0n) is 12.3. The summed E-state index contributed by atoms with van der Waals surface area (Å²) in [6.45, 7) is 0.928. The number of methoxy groups -OCH3 is 1. The predicted octanol–water partition coefficient (Wildman–Crippen LogP) is 1.51. The lowest BCUT2D eigenvalue weighted by Gasteiger charge is -2.44. The zero-order chi connectivity index (χ0) is 17.4. The molecule has 1 fully saturated rings. The van der Waals surface area contributed by atoms with Crippen LogP contribution in [0.5, 0.6) is 5.75 Å². The smallest absolute Gasteiger partial charge is 0.437 e. The Morgan fingerprint density at radius 1 is 1.30 bits per heavy atom. The molecular formula is C14H15F3N2O4. The van der Waals surface area contributed by atoms with Gasteiger partial charge in [0.05, 0.1) is 19.1 Å². The molecule has 0 aliphatic carbocycles. The normalized spacial score (nSPS) is 27.8. The average Bonchev–Trinajstić information content (AvgIpc) is 2.45. The lowest BCUT2D eigenvalue weighted by atomic mass is 9.79. The molecule has 0 unspecified atom stereocenters. The summed E-state index contributed by atoms with van der Waals surface area (Å²) in [5.74, 6) is -2.40. The van der Waals surface area contributed by atoms with Gasteiger partial charge in [-0.05, 0) is 24.6 Å². The number of hydrogen-bond donors (Lipinski definition) is 3. The number of Topliss-reactive ketones (excluding diaryl/α,β-unsaturated/α-hetero) is 1. The third kappa shape index (κ3) is 2.96. The van der Waals surface area contributed by atoms with Crippen molar-refractivity contribution in [2.75, 3.05) is 7.11 Å². The molecule has 2 rings (SSSR count). The lowest BCUT2D eigenvalue weighted by molar-refractivity contribution is -0.290. The van der Waals surface area contributed by atoms with Crippen molar-refractivity contribution in [2.24, 2.45) is 5.92 Å². The van der Waals surface area contributed by atoms with Gasteiger partial charge >= 0.3 is 12.2 Å². The quantitative estimate of drug-likeness (QED) is 0.783. The maximum Gasteiger partial charge on any atom is 0.437 e. The van der Waals surface area contributed by atoms with E-state index in [0.717, 1.165) is 6.92 Å². The summed E-state index contributed by atoms with van der Waals surface area (Å²) in [7, 11) is 1.42. The average molecular weight is 332 g/mol. The first-order chi connectivity index (χ1) is 10.6. The third-order valence-corrected chi connectivity index (χ3v) is 3.72. The van der Waals surface area contributed by atoms with Gasteiger partial charge in [-0.2, -0.15) is 13.2 Å². The topological polar surface area (TPSA) is 87.7 Å². The Morgan fingerprint density at radius 3 is 2.30 bits per heavy atom. The molecule has 1 aromatic carbocycles. The fourth-order valence-corrected chi connectivity index (χ4v) is 2.62. The summed E-state index contributed by atoms with van der Waals surface area (Å²) in [4.78, 5) is 23.4. The second kappa shape index (κ2) is 5.73. The van der Waals surface area contributed by atoms with E-state index in [0.29, 0.717) is 5.75 Å². The van der Waals surface area contributed by atoms with Crippen molar-refractivity contribution in [3.05, 3.63) is 29.8 Å². The molecule has 0 aromatic heterocycles. The van der Waals surface area contributed by atoms with Gasteiger partial charge in [-0.25, -0.2) is 4.79 Å². The van der Waals surface area contributed by atoms with Gasteiger partial charge in [-0.15, -0.1) is 0 Å².